The van der Waals surface area contributed by atoms with Crippen molar-refractivity contribution < 1.29 is 9.67 Å². The molecule has 1 aromatic heterocycles. The molecule has 0 saturated heterocycles. The van der Waals surface area contributed by atoms with E-state index in [1.165, 1.54) is 11.3 Å². The van der Waals surface area contributed by atoms with Crippen LogP contribution in [0.4, 0.5) is 0 Å². The highest BCUT2D eigenvalue weighted by atomic mass is 32.1. The van der Waals surface area contributed by atoms with Crippen LogP contribution >= 0.6 is 18.5 Å². The number of allylic oxidation sites excluding steroid dienone is 1. The average Bonchev–Trinajstić information content (AvgIpc) is 3.18. The Bertz CT molecular complexity index is 899. The molecule has 1 heterocycles. The molecule has 3 aromatic rings. The van der Waals surface area contributed by atoms with Gasteiger partial charge in [-0.2, -0.15) is 5.26 Å². The Morgan fingerprint density at radius 3 is 1.88 bits per heavy atom. The molecule has 0 atom stereocenters. The standard InChI is InChI=1S/C19H14NO2PS/c20-14-17(19(21)18-12-7-13-24-18)23(22,15-8-3-1-4-9-15)16-10-5-2-6-11-16/h1-13,21H. The zero-order chi connectivity index (χ0) is 17.0. The summed E-state index contributed by atoms with van der Waals surface area (Å²) in [5.74, 6) is -0.219. The first-order valence-electron chi connectivity index (χ1n) is 7.27. The number of hydrogen-bond acceptors (Lipinski definition) is 4. The summed E-state index contributed by atoms with van der Waals surface area (Å²) in [6.07, 6.45) is 0. The maximum atomic E-state index is 14.0. The van der Waals surface area contributed by atoms with Gasteiger partial charge in [0.05, 0.1) is 4.88 Å². The highest BCUT2D eigenvalue weighted by Gasteiger charge is 2.35. The molecule has 0 amide bonds. The van der Waals surface area contributed by atoms with E-state index >= 15 is 0 Å². The molecule has 0 fully saturated rings. The normalized spacial score (nSPS) is 12.3. The van der Waals surface area contributed by atoms with Crippen LogP contribution in [-0.2, 0) is 4.57 Å². The van der Waals surface area contributed by atoms with Gasteiger partial charge in [-0.15, -0.1) is 11.3 Å². The molecule has 3 rings (SSSR count). The van der Waals surface area contributed by atoms with Crippen LogP contribution in [0.15, 0.2) is 83.5 Å². The number of aliphatic hydroxyl groups excluding tert-OH is 1. The van der Waals surface area contributed by atoms with Crippen LogP contribution in [-0.4, -0.2) is 5.11 Å². The van der Waals surface area contributed by atoms with Crippen LogP contribution in [0.2, 0.25) is 0 Å². The number of nitriles is 1. The van der Waals surface area contributed by atoms with Gasteiger partial charge in [-0.1, -0.05) is 66.7 Å². The summed E-state index contributed by atoms with van der Waals surface area (Å²) in [6, 6.07) is 23.2. The Hall–Kier alpha value is -2.60. The van der Waals surface area contributed by atoms with Crippen LogP contribution in [0.3, 0.4) is 0 Å². The van der Waals surface area contributed by atoms with Crippen LogP contribution in [0, 0.1) is 11.3 Å². The molecular formula is C19H14NO2PS. The van der Waals surface area contributed by atoms with E-state index in [2.05, 4.69) is 0 Å². The molecule has 0 saturated carbocycles. The summed E-state index contributed by atoms with van der Waals surface area (Å²) in [5, 5.41) is 23.1. The van der Waals surface area contributed by atoms with E-state index < -0.39 is 7.14 Å². The van der Waals surface area contributed by atoms with Crippen LogP contribution in [0.1, 0.15) is 4.88 Å². The second-order valence-electron chi connectivity index (χ2n) is 5.07. The highest BCUT2D eigenvalue weighted by Crippen LogP contribution is 2.53. The number of rotatable bonds is 4. The molecule has 0 bridgehead atoms. The fourth-order valence-electron chi connectivity index (χ4n) is 2.49. The van der Waals surface area contributed by atoms with E-state index in [4.69, 9.17) is 0 Å². The highest BCUT2D eigenvalue weighted by molar-refractivity contribution is 7.82. The second kappa shape index (κ2) is 6.88. The number of nitrogens with zero attached hydrogens (tertiary/aromatic N) is 1. The maximum Gasteiger partial charge on any atom is 0.184 e. The summed E-state index contributed by atoms with van der Waals surface area (Å²) < 4.78 is 14.0. The lowest BCUT2D eigenvalue weighted by Crippen LogP contribution is -2.17. The first kappa shape index (κ1) is 16.3. The van der Waals surface area contributed by atoms with Crippen molar-refractivity contribution in [3.8, 4) is 6.07 Å². The Balaban J connectivity index is 2.33. The molecular weight excluding hydrogens is 337 g/mol. The van der Waals surface area contributed by atoms with Gasteiger partial charge in [0.15, 0.2) is 12.9 Å². The van der Waals surface area contributed by atoms with E-state index in [-0.39, 0.29) is 11.1 Å². The van der Waals surface area contributed by atoms with Crippen LogP contribution < -0.4 is 10.6 Å². The van der Waals surface area contributed by atoms with Crippen LogP contribution in [0.5, 0.6) is 0 Å². The Labute approximate surface area is 144 Å². The first-order chi connectivity index (χ1) is 11.7. The van der Waals surface area contributed by atoms with Crippen molar-refractivity contribution in [2.75, 3.05) is 0 Å². The van der Waals surface area contributed by atoms with Gasteiger partial charge in [0.1, 0.15) is 11.4 Å². The molecule has 0 aliphatic rings. The van der Waals surface area contributed by atoms with Crippen molar-refractivity contribution in [2.24, 2.45) is 0 Å². The lowest BCUT2D eigenvalue weighted by molar-refractivity contribution is 0.512. The number of hydrogen-bond donors (Lipinski definition) is 1. The van der Waals surface area contributed by atoms with Gasteiger partial charge in [-0.3, -0.25) is 0 Å². The average molecular weight is 351 g/mol. The van der Waals surface area contributed by atoms with E-state index in [9.17, 15) is 14.9 Å². The zero-order valence-corrected chi connectivity index (χ0v) is 14.4. The third-order valence-corrected chi connectivity index (χ3v) is 7.51. The molecule has 5 heteroatoms. The number of benzene rings is 2. The minimum Gasteiger partial charge on any atom is -0.505 e. The van der Waals surface area contributed by atoms with Crippen molar-refractivity contribution >= 4 is 34.8 Å². The summed E-state index contributed by atoms with van der Waals surface area (Å²) >= 11 is 1.30. The summed E-state index contributed by atoms with van der Waals surface area (Å²) in [4.78, 5) is 0.527. The predicted octanol–water partition coefficient (Wildman–Crippen LogP) is 4.51. The summed E-state index contributed by atoms with van der Waals surface area (Å²) in [6.45, 7) is 0. The molecule has 0 radical (unpaired) electrons. The van der Waals surface area contributed by atoms with Gasteiger partial charge in [-0.05, 0) is 11.4 Å². The molecule has 118 valence electrons. The number of aliphatic hydroxyl groups is 1. The smallest absolute Gasteiger partial charge is 0.184 e. The molecule has 0 aliphatic heterocycles. The van der Waals surface area contributed by atoms with E-state index in [1.807, 2.05) is 18.2 Å². The minimum absolute atomic E-state index is 0.0950. The van der Waals surface area contributed by atoms with Gasteiger partial charge in [-0.25, -0.2) is 0 Å². The minimum atomic E-state index is -3.46. The molecule has 1 N–H and O–H groups in total. The van der Waals surface area contributed by atoms with Crippen molar-refractivity contribution in [1.29, 1.82) is 5.26 Å². The van der Waals surface area contributed by atoms with Crippen molar-refractivity contribution in [1.82, 2.24) is 0 Å². The third kappa shape index (κ3) is 2.80. The van der Waals surface area contributed by atoms with Gasteiger partial charge in [0.2, 0.25) is 0 Å². The Kier molecular flexibility index (Phi) is 4.66. The SMILES string of the molecule is N#CC(=C(O)c1cccs1)P(=O)(c1ccccc1)c1ccccc1. The van der Waals surface area contributed by atoms with Crippen LogP contribution in [0.25, 0.3) is 5.76 Å². The van der Waals surface area contributed by atoms with Crippen molar-refractivity contribution in [3.05, 3.63) is 88.4 Å². The molecule has 0 aliphatic carbocycles. The van der Waals surface area contributed by atoms with Gasteiger partial charge in [0, 0.05) is 10.6 Å². The van der Waals surface area contributed by atoms with Crippen molar-refractivity contribution in [3.63, 3.8) is 0 Å². The van der Waals surface area contributed by atoms with E-state index in [0.29, 0.717) is 15.5 Å². The molecule has 2 aromatic carbocycles. The van der Waals surface area contributed by atoms with Gasteiger partial charge < -0.3 is 9.67 Å². The quantitative estimate of drug-likeness (QED) is 0.427. The topological polar surface area (TPSA) is 61.1 Å². The molecule has 0 unspecified atom stereocenters. The monoisotopic (exact) mass is 351 g/mol. The predicted molar refractivity (Wildman–Crippen MR) is 99.2 cm³/mol. The van der Waals surface area contributed by atoms with Gasteiger partial charge >= 0.3 is 0 Å². The molecule has 0 spiro atoms. The maximum absolute atomic E-state index is 14.0. The Morgan fingerprint density at radius 1 is 0.917 bits per heavy atom. The molecule has 24 heavy (non-hydrogen) atoms. The number of thiophene rings is 1. The van der Waals surface area contributed by atoms with Crippen molar-refractivity contribution in [2.45, 2.75) is 0 Å². The zero-order valence-electron chi connectivity index (χ0n) is 12.7. The fraction of sp³-hybridized carbons (Fsp3) is 0. The lowest BCUT2D eigenvalue weighted by atomic mass is 10.3. The second-order valence-corrected chi connectivity index (χ2v) is 8.71. The largest absolute Gasteiger partial charge is 0.505 e. The Morgan fingerprint density at radius 2 is 1.46 bits per heavy atom. The summed E-state index contributed by atoms with van der Waals surface area (Å²) in [5.41, 5.74) is 0. The lowest BCUT2D eigenvalue weighted by Gasteiger charge is -2.19. The van der Waals surface area contributed by atoms with E-state index in [1.54, 1.807) is 66.0 Å². The summed E-state index contributed by atoms with van der Waals surface area (Å²) in [7, 11) is -3.46. The van der Waals surface area contributed by atoms with E-state index in [0.717, 1.165) is 0 Å². The molecule has 3 nitrogen and oxygen atoms in total. The third-order valence-electron chi connectivity index (χ3n) is 3.64. The fourth-order valence-corrected chi connectivity index (χ4v) is 5.79. The first-order valence-corrected chi connectivity index (χ1v) is 9.85. The van der Waals surface area contributed by atoms with Gasteiger partial charge in [0.25, 0.3) is 0 Å².